The third kappa shape index (κ3) is 2.87. The highest BCUT2D eigenvalue weighted by atomic mass is 35.5. The monoisotopic (exact) mass is 314 g/mol. The van der Waals surface area contributed by atoms with E-state index in [4.69, 9.17) is 0 Å². The standard InChI is InChI=1S/C15H22N2OS.ClH/c1-3-10-6-7-19-14(10)15(18)17(2)13-8-11-4-5-12(9-13)16-11;/h6-7,11-13,16H,3-5,8-9H2,1-2H3;1H. The number of aryl methyl sites for hydroxylation is 1. The lowest BCUT2D eigenvalue weighted by Crippen LogP contribution is -2.48. The van der Waals surface area contributed by atoms with Gasteiger partial charge in [-0.25, -0.2) is 0 Å². The van der Waals surface area contributed by atoms with Crippen LogP contribution < -0.4 is 5.32 Å². The average molecular weight is 315 g/mol. The number of fused-ring (bicyclic) bond motifs is 2. The summed E-state index contributed by atoms with van der Waals surface area (Å²) in [5, 5.41) is 5.67. The Hall–Kier alpha value is -0.580. The summed E-state index contributed by atoms with van der Waals surface area (Å²) < 4.78 is 0. The Morgan fingerprint density at radius 3 is 2.65 bits per heavy atom. The smallest absolute Gasteiger partial charge is 0.264 e. The number of thiophene rings is 1. The Kier molecular flexibility index (Phi) is 5.10. The molecule has 1 amide bonds. The van der Waals surface area contributed by atoms with Gasteiger partial charge in [-0.3, -0.25) is 4.79 Å². The first-order valence-corrected chi connectivity index (χ1v) is 8.16. The number of carbonyl (C=O) groups excluding carboxylic acids is 1. The number of nitrogens with one attached hydrogen (secondary N) is 1. The second kappa shape index (κ2) is 6.46. The Morgan fingerprint density at radius 1 is 1.40 bits per heavy atom. The molecular weight excluding hydrogens is 292 g/mol. The van der Waals surface area contributed by atoms with E-state index in [2.05, 4.69) is 18.3 Å². The van der Waals surface area contributed by atoms with Gasteiger partial charge in [0, 0.05) is 25.2 Å². The van der Waals surface area contributed by atoms with Crippen molar-refractivity contribution in [3.63, 3.8) is 0 Å². The van der Waals surface area contributed by atoms with Crippen molar-refractivity contribution < 1.29 is 4.79 Å². The highest BCUT2D eigenvalue weighted by Crippen LogP contribution is 2.30. The van der Waals surface area contributed by atoms with Crippen molar-refractivity contribution in [2.75, 3.05) is 7.05 Å². The lowest BCUT2D eigenvalue weighted by Gasteiger charge is -2.35. The molecule has 3 nitrogen and oxygen atoms in total. The topological polar surface area (TPSA) is 32.3 Å². The zero-order chi connectivity index (χ0) is 13.4. The number of piperidine rings is 1. The lowest BCUT2D eigenvalue weighted by molar-refractivity contribution is 0.0685. The number of amides is 1. The molecule has 1 aromatic heterocycles. The molecule has 1 aromatic rings. The van der Waals surface area contributed by atoms with E-state index in [1.54, 1.807) is 11.3 Å². The van der Waals surface area contributed by atoms with Crippen molar-refractivity contribution in [2.45, 2.75) is 57.2 Å². The minimum atomic E-state index is 0. The van der Waals surface area contributed by atoms with Gasteiger partial charge in [0.15, 0.2) is 0 Å². The summed E-state index contributed by atoms with van der Waals surface area (Å²) in [5.41, 5.74) is 1.19. The summed E-state index contributed by atoms with van der Waals surface area (Å²) in [6, 6.07) is 3.76. The van der Waals surface area contributed by atoms with Gasteiger partial charge in [-0.2, -0.15) is 0 Å². The third-order valence-corrected chi connectivity index (χ3v) is 5.58. The molecule has 2 unspecified atom stereocenters. The van der Waals surface area contributed by atoms with Crippen LogP contribution in [0, 0.1) is 0 Å². The summed E-state index contributed by atoms with van der Waals surface area (Å²) in [6.45, 7) is 2.11. The summed E-state index contributed by atoms with van der Waals surface area (Å²) in [7, 11) is 1.98. The molecule has 1 N–H and O–H groups in total. The van der Waals surface area contributed by atoms with E-state index in [0.717, 1.165) is 24.1 Å². The molecule has 2 bridgehead atoms. The normalized spacial score (nSPS) is 28.0. The predicted molar refractivity (Wildman–Crippen MR) is 86.0 cm³/mol. The molecule has 5 heteroatoms. The van der Waals surface area contributed by atoms with Crippen LogP contribution in [0.15, 0.2) is 11.4 Å². The van der Waals surface area contributed by atoms with Crippen LogP contribution in [0.1, 0.15) is 47.8 Å². The van der Waals surface area contributed by atoms with Crippen molar-refractivity contribution in [1.29, 1.82) is 0 Å². The van der Waals surface area contributed by atoms with Gasteiger partial charge >= 0.3 is 0 Å². The van der Waals surface area contributed by atoms with Crippen LogP contribution in [0.5, 0.6) is 0 Å². The molecule has 3 rings (SSSR count). The van der Waals surface area contributed by atoms with Crippen LogP contribution in [0.3, 0.4) is 0 Å². The molecular formula is C15H23ClN2OS. The van der Waals surface area contributed by atoms with Crippen molar-refractivity contribution >= 4 is 29.7 Å². The maximum absolute atomic E-state index is 12.6. The highest BCUT2D eigenvalue weighted by molar-refractivity contribution is 7.12. The zero-order valence-electron chi connectivity index (χ0n) is 12.1. The van der Waals surface area contributed by atoms with E-state index in [0.29, 0.717) is 18.1 Å². The predicted octanol–water partition coefficient (Wildman–Crippen LogP) is 3.09. The minimum absolute atomic E-state index is 0. The second-order valence-electron chi connectivity index (χ2n) is 5.81. The second-order valence-corrected chi connectivity index (χ2v) is 6.72. The number of carbonyl (C=O) groups is 1. The quantitative estimate of drug-likeness (QED) is 0.930. The molecule has 0 radical (unpaired) electrons. The van der Waals surface area contributed by atoms with Crippen LogP contribution in [0.2, 0.25) is 0 Å². The third-order valence-electron chi connectivity index (χ3n) is 4.64. The van der Waals surface area contributed by atoms with Crippen LogP contribution in [-0.4, -0.2) is 36.0 Å². The Bertz CT molecular complexity index is 464. The molecule has 2 fully saturated rings. The van der Waals surface area contributed by atoms with Crippen molar-refractivity contribution in [1.82, 2.24) is 10.2 Å². The van der Waals surface area contributed by atoms with E-state index in [1.165, 1.54) is 18.4 Å². The van der Waals surface area contributed by atoms with Crippen LogP contribution in [0.25, 0.3) is 0 Å². The Labute approximate surface area is 131 Å². The largest absolute Gasteiger partial charge is 0.338 e. The molecule has 0 saturated carbocycles. The summed E-state index contributed by atoms with van der Waals surface area (Å²) >= 11 is 1.58. The molecule has 2 saturated heterocycles. The summed E-state index contributed by atoms with van der Waals surface area (Å²) in [4.78, 5) is 15.6. The fraction of sp³-hybridized carbons (Fsp3) is 0.667. The van der Waals surface area contributed by atoms with Gasteiger partial charge in [0.25, 0.3) is 5.91 Å². The molecule has 0 spiro atoms. The maximum atomic E-state index is 12.6. The van der Waals surface area contributed by atoms with E-state index in [9.17, 15) is 4.79 Å². The van der Waals surface area contributed by atoms with Gasteiger partial charge in [-0.15, -0.1) is 23.7 Å². The summed E-state index contributed by atoms with van der Waals surface area (Å²) in [6.07, 6.45) is 5.73. The number of halogens is 1. The van der Waals surface area contributed by atoms with Gasteiger partial charge in [0.05, 0.1) is 4.88 Å². The Balaban J connectivity index is 0.00000147. The fourth-order valence-corrected chi connectivity index (χ4v) is 4.45. The lowest BCUT2D eigenvalue weighted by atomic mass is 9.98. The van der Waals surface area contributed by atoms with Gasteiger partial charge < -0.3 is 10.2 Å². The summed E-state index contributed by atoms with van der Waals surface area (Å²) in [5.74, 6) is 0.221. The first-order valence-electron chi connectivity index (χ1n) is 7.28. The van der Waals surface area contributed by atoms with Gasteiger partial charge in [-0.05, 0) is 49.1 Å². The van der Waals surface area contributed by atoms with Crippen molar-refractivity contribution in [3.05, 3.63) is 21.9 Å². The van der Waals surface area contributed by atoms with Crippen LogP contribution >= 0.6 is 23.7 Å². The van der Waals surface area contributed by atoms with E-state index in [-0.39, 0.29) is 18.3 Å². The number of rotatable bonds is 3. The Morgan fingerprint density at radius 2 is 2.05 bits per heavy atom. The molecule has 3 heterocycles. The van der Waals surface area contributed by atoms with Crippen LogP contribution in [-0.2, 0) is 6.42 Å². The molecule has 0 aromatic carbocycles. The minimum Gasteiger partial charge on any atom is -0.338 e. The molecule has 20 heavy (non-hydrogen) atoms. The van der Waals surface area contributed by atoms with Crippen molar-refractivity contribution in [3.8, 4) is 0 Å². The molecule has 2 aliphatic rings. The average Bonchev–Trinajstić information content (AvgIpc) is 3.03. The van der Waals surface area contributed by atoms with E-state index < -0.39 is 0 Å². The van der Waals surface area contributed by atoms with E-state index >= 15 is 0 Å². The zero-order valence-corrected chi connectivity index (χ0v) is 13.7. The van der Waals surface area contributed by atoms with Gasteiger partial charge in [-0.1, -0.05) is 6.92 Å². The molecule has 112 valence electrons. The number of hydrogen-bond acceptors (Lipinski definition) is 3. The van der Waals surface area contributed by atoms with Crippen LogP contribution in [0.4, 0.5) is 0 Å². The van der Waals surface area contributed by atoms with E-state index in [1.807, 2.05) is 17.3 Å². The van der Waals surface area contributed by atoms with Gasteiger partial charge in [0.2, 0.25) is 0 Å². The molecule has 2 atom stereocenters. The molecule has 0 aliphatic carbocycles. The first-order chi connectivity index (χ1) is 9.19. The number of nitrogens with zero attached hydrogens (tertiary/aromatic N) is 1. The fourth-order valence-electron chi connectivity index (χ4n) is 3.47. The number of hydrogen-bond donors (Lipinski definition) is 1. The van der Waals surface area contributed by atoms with Gasteiger partial charge in [0.1, 0.15) is 0 Å². The first kappa shape index (κ1) is 15.8. The highest BCUT2D eigenvalue weighted by Gasteiger charge is 2.36. The maximum Gasteiger partial charge on any atom is 0.264 e. The molecule has 2 aliphatic heterocycles. The van der Waals surface area contributed by atoms with Crippen molar-refractivity contribution in [2.24, 2.45) is 0 Å². The SMILES string of the molecule is CCc1ccsc1C(=O)N(C)C1CC2CCC(C1)N2.Cl.